The number of piperidine rings is 2. The lowest BCUT2D eigenvalue weighted by Crippen LogP contribution is -2.59. The number of nitrogens with zero attached hydrogens (tertiary/aromatic N) is 3. The van der Waals surface area contributed by atoms with E-state index >= 15 is 4.39 Å². The molecule has 2 atom stereocenters. The number of alkyl halides is 1. The molecule has 1 amide bonds. The highest BCUT2D eigenvalue weighted by atomic mass is 19.1. The monoisotopic (exact) mass is 556 g/mol. The summed E-state index contributed by atoms with van der Waals surface area (Å²) in [7, 11) is 1.67. The van der Waals surface area contributed by atoms with Crippen molar-refractivity contribution in [2.45, 2.75) is 83.3 Å². The van der Waals surface area contributed by atoms with Gasteiger partial charge in [0.15, 0.2) is 5.67 Å². The van der Waals surface area contributed by atoms with E-state index in [9.17, 15) is 4.79 Å². The zero-order chi connectivity index (χ0) is 28.6. The van der Waals surface area contributed by atoms with Gasteiger partial charge >= 0.3 is 0 Å². The molecule has 2 unspecified atom stereocenters. The quantitative estimate of drug-likeness (QED) is 0.298. The molecule has 1 aromatic rings. The number of methoxy groups -OCH3 is 1. The number of hydrogen-bond donors (Lipinski definition) is 1. The standard InChI is InChI=1S/C32H49FN4O3/c1-5-7-28(26-10-8-25(9-11-26)24-40-23-22-39-4)34-29(6-2)37-20-15-32(33,16-21-37)30(38)35-31(3)14-19-36-17-12-27(31)13-18-36/h5,7-11,27,29H,6,12-24H2,1-4H3,(H,35,38)/b7-5-,34-28+. The number of carbonyl (C=O) groups is 1. The molecule has 4 aliphatic heterocycles. The highest BCUT2D eigenvalue weighted by molar-refractivity contribution is 6.08. The van der Waals surface area contributed by atoms with Crippen molar-refractivity contribution in [1.82, 2.24) is 15.1 Å². The van der Waals surface area contributed by atoms with E-state index in [-0.39, 0.29) is 24.5 Å². The molecule has 7 nitrogen and oxygen atoms in total. The fourth-order valence-corrected chi connectivity index (χ4v) is 6.40. The van der Waals surface area contributed by atoms with E-state index in [0.717, 1.165) is 62.2 Å². The highest BCUT2D eigenvalue weighted by Gasteiger charge is 2.47. The van der Waals surface area contributed by atoms with Gasteiger partial charge in [0.1, 0.15) is 6.17 Å². The van der Waals surface area contributed by atoms with E-state index in [1.807, 2.05) is 19.1 Å². The number of nitrogens with one attached hydrogen (secondary N) is 1. The van der Waals surface area contributed by atoms with Crippen LogP contribution in [-0.2, 0) is 20.9 Å². The molecular formula is C32H49FN4O3. The van der Waals surface area contributed by atoms with Crippen molar-refractivity contribution in [3.63, 3.8) is 0 Å². The van der Waals surface area contributed by atoms with Crippen LogP contribution in [0.25, 0.3) is 0 Å². The minimum atomic E-state index is -1.82. The molecule has 222 valence electrons. The predicted molar refractivity (Wildman–Crippen MR) is 158 cm³/mol. The highest BCUT2D eigenvalue weighted by Crippen LogP contribution is 2.37. The van der Waals surface area contributed by atoms with Gasteiger partial charge in [-0.1, -0.05) is 37.3 Å². The van der Waals surface area contributed by atoms with Crippen molar-refractivity contribution in [2.24, 2.45) is 10.9 Å². The molecule has 4 aliphatic rings. The molecule has 4 fully saturated rings. The summed E-state index contributed by atoms with van der Waals surface area (Å²) in [5.41, 5.74) is 0.906. The average Bonchev–Trinajstić information content (AvgIpc) is 3.22. The third-order valence-corrected chi connectivity index (χ3v) is 9.18. The molecule has 40 heavy (non-hydrogen) atoms. The Morgan fingerprint density at radius 3 is 2.45 bits per heavy atom. The Bertz CT molecular complexity index is 1010. The Kier molecular flexibility index (Phi) is 10.9. The maximum atomic E-state index is 16.1. The first-order valence-electron chi connectivity index (χ1n) is 15.1. The van der Waals surface area contributed by atoms with Crippen LogP contribution in [0.1, 0.15) is 70.4 Å². The normalized spacial score (nSPS) is 28.0. The molecule has 0 aromatic heterocycles. The maximum absolute atomic E-state index is 16.1. The second-order valence-corrected chi connectivity index (χ2v) is 11.9. The number of carbonyl (C=O) groups excluding carboxylic acids is 1. The number of aliphatic imine (C=N–C) groups is 1. The molecule has 2 bridgehead atoms. The summed E-state index contributed by atoms with van der Waals surface area (Å²) in [5.74, 6) is 0.0208. The van der Waals surface area contributed by atoms with E-state index in [1.165, 1.54) is 0 Å². The van der Waals surface area contributed by atoms with Crippen LogP contribution in [0.15, 0.2) is 41.4 Å². The largest absolute Gasteiger partial charge is 0.382 e. The molecule has 4 heterocycles. The van der Waals surface area contributed by atoms with Crippen LogP contribution in [0.3, 0.4) is 0 Å². The molecule has 1 N–H and O–H groups in total. The predicted octanol–water partition coefficient (Wildman–Crippen LogP) is 4.75. The summed E-state index contributed by atoms with van der Waals surface area (Å²) in [5, 5.41) is 3.21. The number of halogens is 1. The van der Waals surface area contributed by atoms with Gasteiger partial charge < -0.3 is 19.7 Å². The van der Waals surface area contributed by atoms with Crippen molar-refractivity contribution in [3.05, 3.63) is 47.5 Å². The third-order valence-electron chi connectivity index (χ3n) is 9.18. The lowest BCUT2D eigenvalue weighted by atomic mass is 9.78. The zero-order valence-corrected chi connectivity index (χ0v) is 25.0. The van der Waals surface area contributed by atoms with Crippen LogP contribution in [0.4, 0.5) is 4.39 Å². The Balaban J connectivity index is 1.37. The Labute approximate surface area is 240 Å². The maximum Gasteiger partial charge on any atom is 0.258 e. The van der Waals surface area contributed by atoms with E-state index in [1.54, 1.807) is 7.11 Å². The van der Waals surface area contributed by atoms with Crippen LogP contribution >= 0.6 is 0 Å². The van der Waals surface area contributed by atoms with Crippen LogP contribution in [-0.4, -0.2) is 91.8 Å². The van der Waals surface area contributed by atoms with Gasteiger partial charge in [-0.25, -0.2) is 4.39 Å². The fraction of sp³-hybridized carbons (Fsp3) is 0.688. The van der Waals surface area contributed by atoms with Crippen molar-refractivity contribution >= 4 is 11.6 Å². The van der Waals surface area contributed by atoms with E-state index in [0.29, 0.717) is 38.8 Å². The minimum Gasteiger partial charge on any atom is -0.382 e. The summed E-state index contributed by atoms with van der Waals surface area (Å²) < 4.78 is 26.7. The van der Waals surface area contributed by atoms with Gasteiger partial charge in [0.2, 0.25) is 0 Å². The van der Waals surface area contributed by atoms with Gasteiger partial charge in [-0.2, -0.15) is 0 Å². The Morgan fingerprint density at radius 1 is 1.12 bits per heavy atom. The van der Waals surface area contributed by atoms with Crippen LogP contribution < -0.4 is 5.32 Å². The molecule has 0 spiro atoms. The zero-order valence-electron chi connectivity index (χ0n) is 25.0. The van der Waals surface area contributed by atoms with E-state index in [4.69, 9.17) is 14.5 Å². The molecule has 0 saturated carbocycles. The molecule has 4 saturated heterocycles. The van der Waals surface area contributed by atoms with Gasteiger partial charge in [-0.05, 0) is 75.7 Å². The number of rotatable bonds is 12. The molecule has 0 aliphatic carbocycles. The number of fused-ring (bicyclic) bond motifs is 4. The average molecular weight is 557 g/mol. The summed E-state index contributed by atoms with van der Waals surface area (Å²) in [6.45, 7) is 12.1. The van der Waals surface area contributed by atoms with Crippen molar-refractivity contribution < 1.29 is 18.7 Å². The van der Waals surface area contributed by atoms with Crippen LogP contribution in [0.5, 0.6) is 0 Å². The lowest BCUT2D eigenvalue weighted by molar-refractivity contribution is -0.139. The number of amides is 1. The molecule has 0 radical (unpaired) electrons. The number of ether oxygens (including phenoxy) is 2. The fourth-order valence-electron chi connectivity index (χ4n) is 6.40. The van der Waals surface area contributed by atoms with Gasteiger partial charge in [0, 0.05) is 45.1 Å². The summed E-state index contributed by atoms with van der Waals surface area (Å²) in [4.78, 5) is 23.1. The van der Waals surface area contributed by atoms with Crippen molar-refractivity contribution in [2.75, 3.05) is 53.0 Å². The van der Waals surface area contributed by atoms with E-state index in [2.05, 4.69) is 53.2 Å². The second-order valence-electron chi connectivity index (χ2n) is 11.9. The lowest BCUT2D eigenvalue weighted by Gasteiger charge is -2.42. The number of hydrogen-bond acceptors (Lipinski definition) is 6. The summed E-state index contributed by atoms with van der Waals surface area (Å²) in [6, 6.07) is 8.28. The molecule has 8 heteroatoms. The molecule has 5 rings (SSSR count). The van der Waals surface area contributed by atoms with Gasteiger partial charge in [0.05, 0.1) is 25.5 Å². The van der Waals surface area contributed by atoms with Crippen LogP contribution in [0.2, 0.25) is 0 Å². The summed E-state index contributed by atoms with van der Waals surface area (Å²) >= 11 is 0. The first kappa shape index (κ1) is 30.8. The van der Waals surface area contributed by atoms with Gasteiger partial charge in [0.25, 0.3) is 5.91 Å². The first-order chi connectivity index (χ1) is 19.3. The molecule has 1 aromatic carbocycles. The Morgan fingerprint density at radius 2 is 1.82 bits per heavy atom. The third kappa shape index (κ3) is 7.58. The van der Waals surface area contributed by atoms with Crippen LogP contribution in [0, 0.1) is 5.92 Å². The number of benzene rings is 1. The second kappa shape index (κ2) is 14.2. The van der Waals surface area contributed by atoms with Crippen molar-refractivity contribution in [1.29, 1.82) is 0 Å². The summed E-state index contributed by atoms with van der Waals surface area (Å²) in [6.07, 6.45) is 8.24. The van der Waals surface area contributed by atoms with E-state index < -0.39 is 11.6 Å². The number of likely N-dealkylation sites (tertiary alicyclic amines) is 1. The Hall–Kier alpha value is -2.13. The van der Waals surface area contributed by atoms with Crippen molar-refractivity contribution in [3.8, 4) is 0 Å². The smallest absolute Gasteiger partial charge is 0.258 e. The van der Waals surface area contributed by atoms with Gasteiger partial charge in [-0.15, -0.1) is 0 Å². The number of allylic oxidation sites excluding steroid dienone is 2. The minimum absolute atomic E-state index is 0.0697. The first-order valence-corrected chi connectivity index (χ1v) is 15.1. The SMILES string of the molecule is C/C=C\C(=N/C(CC)N1CCC(F)(C(=O)NC2(C)CCN3CCC2CC3)CC1)c1ccc(COCCOC)cc1. The van der Waals surface area contributed by atoms with Gasteiger partial charge in [-0.3, -0.25) is 14.7 Å². The topological polar surface area (TPSA) is 66.4 Å². The molecular weight excluding hydrogens is 507 g/mol.